The highest BCUT2D eigenvalue weighted by Crippen LogP contribution is 1.99. The van der Waals surface area contributed by atoms with Crippen LogP contribution in [-0.2, 0) is 14.3 Å². The molecule has 0 aromatic carbocycles. The van der Waals surface area contributed by atoms with E-state index in [-0.39, 0.29) is 18.6 Å². The van der Waals surface area contributed by atoms with E-state index in [4.69, 9.17) is 15.9 Å². The first-order valence-corrected chi connectivity index (χ1v) is 5.39. The number of terminal acetylenes is 1. The lowest BCUT2D eigenvalue weighted by Crippen LogP contribution is -2.43. The third kappa shape index (κ3) is 4.62. The van der Waals surface area contributed by atoms with Crippen LogP contribution in [0.5, 0.6) is 0 Å². The summed E-state index contributed by atoms with van der Waals surface area (Å²) in [6.45, 7) is 4.66. The summed E-state index contributed by atoms with van der Waals surface area (Å²) in [5.41, 5.74) is 0. The Morgan fingerprint density at radius 2 is 2.62 bits per heavy atom. The van der Waals surface area contributed by atoms with Gasteiger partial charge in [-0.25, -0.2) is 0 Å². The Labute approximate surface area is 95.9 Å². The van der Waals surface area contributed by atoms with Gasteiger partial charge < -0.3 is 20.1 Å². The fourth-order valence-electron chi connectivity index (χ4n) is 1.34. The van der Waals surface area contributed by atoms with E-state index in [1.54, 1.807) is 6.92 Å². The van der Waals surface area contributed by atoms with E-state index in [1.165, 1.54) is 0 Å². The van der Waals surface area contributed by atoms with Gasteiger partial charge in [0, 0.05) is 13.1 Å². The van der Waals surface area contributed by atoms with Gasteiger partial charge >= 0.3 is 0 Å². The summed E-state index contributed by atoms with van der Waals surface area (Å²) in [6, 6.07) is 0. The number of carbonyl (C=O) groups excluding carboxylic acids is 1. The van der Waals surface area contributed by atoms with Gasteiger partial charge in [0.25, 0.3) is 0 Å². The Morgan fingerprint density at radius 3 is 3.25 bits per heavy atom. The highest BCUT2D eigenvalue weighted by atomic mass is 16.5. The van der Waals surface area contributed by atoms with Gasteiger partial charge in [0.15, 0.2) is 0 Å². The molecule has 2 N–H and O–H groups in total. The molecule has 0 radical (unpaired) electrons. The number of nitrogens with one attached hydrogen (secondary N) is 2. The molecule has 16 heavy (non-hydrogen) atoms. The number of hydrogen-bond acceptors (Lipinski definition) is 4. The van der Waals surface area contributed by atoms with Crippen LogP contribution in [0.15, 0.2) is 0 Å². The first-order chi connectivity index (χ1) is 7.74. The van der Waals surface area contributed by atoms with Gasteiger partial charge in [-0.1, -0.05) is 5.92 Å². The predicted octanol–water partition coefficient (Wildman–Crippen LogP) is -0.871. The minimum atomic E-state index is -0.501. The van der Waals surface area contributed by atoms with Crippen molar-refractivity contribution in [2.24, 2.45) is 0 Å². The van der Waals surface area contributed by atoms with Gasteiger partial charge in [0.05, 0.1) is 25.9 Å². The third-order valence-corrected chi connectivity index (χ3v) is 2.27. The van der Waals surface area contributed by atoms with Gasteiger partial charge in [-0.3, -0.25) is 4.79 Å². The SMILES string of the molecule is C#CCNC(=O)C(C)OCC1CNCCO1. The van der Waals surface area contributed by atoms with Gasteiger partial charge in [-0.05, 0) is 6.92 Å². The topological polar surface area (TPSA) is 59.6 Å². The second kappa shape index (κ2) is 7.23. The normalized spacial score (nSPS) is 22.1. The van der Waals surface area contributed by atoms with Crippen molar-refractivity contribution >= 4 is 5.91 Å². The zero-order valence-electron chi connectivity index (χ0n) is 9.49. The van der Waals surface area contributed by atoms with Crippen LogP contribution in [0.25, 0.3) is 0 Å². The van der Waals surface area contributed by atoms with Gasteiger partial charge in [0.1, 0.15) is 6.10 Å². The average Bonchev–Trinajstić information content (AvgIpc) is 2.34. The van der Waals surface area contributed by atoms with Crippen molar-refractivity contribution in [2.75, 3.05) is 32.8 Å². The fourth-order valence-corrected chi connectivity index (χ4v) is 1.34. The summed E-state index contributed by atoms with van der Waals surface area (Å²) < 4.78 is 10.8. The van der Waals surface area contributed by atoms with Gasteiger partial charge in [0.2, 0.25) is 5.91 Å². The number of morpholine rings is 1. The monoisotopic (exact) mass is 226 g/mol. The van der Waals surface area contributed by atoms with Crippen molar-refractivity contribution < 1.29 is 14.3 Å². The Balaban J connectivity index is 2.15. The lowest BCUT2D eigenvalue weighted by atomic mass is 10.3. The van der Waals surface area contributed by atoms with Crippen LogP contribution >= 0.6 is 0 Å². The maximum atomic E-state index is 11.4. The highest BCUT2D eigenvalue weighted by Gasteiger charge is 2.18. The van der Waals surface area contributed by atoms with E-state index in [9.17, 15) is 4.79 Å². The van der Waals surface area contributed by atoms with Crippen LogP contribution in [0.1, 0.15) is 6.92 Å². The molecule has 90 valence electrons. The summed E-state index contributed by atoms with van der Waals surface area (Å²) in [5.74, 6) is 2.14. The van der Waals surface area contributed by atoms with Crippen molar-refractivity contribution in [2.45, 2.75) is 19.1 Å². The molecule has 0 aliphatic carbocycles. The summed E-state index contributed by atoms with van der Waals surface area (Å²) in [7, 11) is 0. The van der Waals surface area contributed by atoms with Crippen LogP contribution in [0, 0.1) is 12.3 Å². The quantitative estimate of drug-likeness (QED) is 0.598. The second-order valence-corrected chi connectivity index (χ2v) is 3.59. The number of amides is 1. The lowest BCUT2D eigenvalue weighted by Gasteiger charge is -2.24. The molecule has 0 aromatic rings. The zero-order valence-corrected chi connectivity index (χ0v) is 9.49. The molecule has 1 saturated heterocycles. The molecule has 2 unspecified atom stereocenters. The molecule has 1 heterocycles. The standard InChI is InChI=1S/C11H18N2O3/c1-3-4-13-11(14)9(2)16-8-10-7-12-5-6-15-10/h1,9-10,12H,4-8H2,2H3,(H,13,14). The first-order valence-electron chi connectivity index (χ1n) is 5.39. The van der Waals surface area contributed by atoms with E-state index in [0.717, 1.165) is 13.1 Å². The van der Waals surface area contributed by atoms with Gasteiger partial charge in [-0.2, -0.15) is 0 Å². The summed E-state index contributed by atoms with van der Waals surface area (Å²) >= 11 is 0. The Bertz CT molecular complexity index is 256. The van der Waals surface area contributed by atoms with Crippen LogP contribution in [0.4, 0.5) is 0 Å². The van der Waals surface area contributed by atoms with Crippen molar-refractivity contribution in [3.63, 3.8) is 0 Å². The van der Waals surface area contributed by atoms with E-state index in [1.807, 2.05) is 0 Å². The molecule has 0 saturated carbocycles. The smallest absolute Gasteiger partial charge is 0.249 e. The summed E-state index contributed by atoms with van der Waals surface area (Å²) in [6.07, 6.45) is 4.56. The highest BCUT2D eigenvalue weighted by molar-refractivity contribution is 5.80. The number of rotatable bonds is 5. The Kier molecular flexibility index (Phi) is 5.86. The Morgan fingerprint density at radius 1 is 1.81 bits per heavy atom. The molecule has 0 spiro atoms. The zero-order chi connectivity index (χ0) is 11.8. The average molecular weight is 226 g/mol. The maximum absolute atomic E-state index is 11.4. The van der Waals surface area contributed by atoms with E-state index in [0.29, 0.717) is 13.2 Å². The second-order valence-electron chi connectivity index (χ2n) is 3.59. The molecule has 0 bridgehead atoms. The van der Waals surface area contributed by atoms with Crippen molar-refractivity contribution in [3.8, 4) is 12.3 Å². The first kappa shape index (κ1) is 13.0. The molecule has 5 nitrogen and oxygen atoms in total. The minimum Gasteiger partial charge on any atom is -0.373 e. The number of carbonyl (C=O) groups is 1. The third-order valence-electron chi connectivity index (χ3n) is 2.27. The molecule has 1 aliphatic rings. The summed E-state index contributed by atoms with van der Waals surface area (Å²) in [5, 5.41) is 5.75. The molecule has 1 rings (SSSR count). The molecule has 0 aromatic heterocycles. The van der Waals surface area contributed by atoms with Crippen molar-refractivity contribution in [3.05, 3.63) is 0 Å². The number of hydrogen-bond donors (Lipinski definition) is 2. The number of ether oxygens (including phenoxy) is 2. The minimum absolute atomic E-state index is 0.0247. The Hall–Kier alpha value is -1.09. The maximum Gasteiger partial charge on any atom is 0.249 e. The van der Waals surface area contributed by atoms with Crippen molar-refractivity contribution in [1.82, 2.24) is 10.6 Å². The predicted molar refractivity (Wildman–Crippen MR) is 59.9 cm³/mol. The van der Waals surface area contributed by atoms with Gasteiger partial charge in [-0.15, -0.1) is 6.42 Å². The van der Waals surface area contributed by atoms with Crippen LogP contribution in [-0.4, -0.2) is 51.0 Å². The molecule has 5 heteroatoms. The molecular formula is C11H18N2O3. The van der Waals surface area contributed by atoms with Crippen LogP contribution < -0.4 is 10.6 Å². The van der Waals surface area contributed by atoms with E-state index >= 15 is 0 Å². The van der Waals surface area contributed by atoms with E-state index in [2.05, 4.69) is 16.6 Å². The summed E-state index contributed by atoms with van der Waals surface area (Å²) in [4.78, 5) is 11.4. The lowest BCUT2D eigenvalue weighted by molar-refractivity contribution is -0.134. The molecular weight excluding hydrogens is 208 g/mol. The molecule has 1 aliphatic heterocycles. The molecule has 2 atom stereocenters. The van der Waals surface area contributed by atoms with Crippen LogP contribution in [0.2, 0.25) is 0 Å². The van der Waals surface area contributed by atoms with Crippen LogP contribution in [0.3, 0.4) is 0 Å². The largest absolute Gasteiger partial charge is 0.373 e. The van der Waals surface area contributed by atoms with Crippen molar-refractivity contribution in [1.29, 1.82) is 0 Å². The van der Waals surface area contributed by atoms with E-state index < -0.39 is 6.10 Å². The molecule has 1 amide bonds. The molecule has 1 fully saturated rings. The fraction of sp³-hybridized carbons (Fsp3) is 0.727.